The summed E-state index contributed by atoms with van der Waals surface area (Å²) in [5, 5.41) is 9.63. The maximum Gasteiger partial charge on any atom is 0.343 e. The Balaban J connectivity index is 0.000000444. The Kier molecular flexibility index (Phi) is 28.2. The van der Waals surface area contributed by atoms with Crippen LogP contribution in [-0.4, -0.2) is 76.5 Å². The number of esters is 5. The molecule has 396 valence electrons. The molecule has 18 nitrogen and oxygen atoms in total. The Labute approximate surface area is 470 Å². The number of halogens is 9. The summed E-state index contributed by atoms with van der Waals surface area (Å²) < 4.78 is 75.1. The van der Waals surface area contributed by atoms with E-state index in [0.29, 0.717) is 32.0 Å². The van der Waals surface area contributed by atoms with Crippen LogP contribution in [0.5, 0.6) is 0 Å². The lowest BCUT2D eigenvalue weighted by Gasteiger charge is -2.05. The first-order chi connectivity index (χ1) is 34.6. The van der Waals surface area contributed by atoms with Gasteiger partial charge >= 0.3 is 35.8 Å². The fraction of sp³-hybridized carbons (Fsp3) is 0.106. The van der Waals surface area contributed by atoms with Gasteiger partial charge in [-0.3, -0.25) is 0 Å². The number of nitrogens with two attached hydrogens (primary N) is 6. The molecule has 6 rings (SSSR count). The highest BCUT2D eigenvalue weighted by Gasteiger charge is 2.19. The first-order valence-corrected chi connectivity index (χ1v) is 23.6. The van der Waals surface area contributed by atoms with Crippen molar-refractivity contribution in [2.75, 3.05) is 70.0 Å². The normalized spacial score (nSPS) is 9.65. The summed E-state index contributed by atoms with van der Waals surface area (Å²) in [4.78, 5) is 65.5. The van der Waals surface area contributed by atoms with E-state index in [2.05, 4.69) is 23.7 Å². The number of carboxylic acids is 1. The maximum absolute atomic E-state index is 13.3. The van der Waals surface area contributed by atoms with Gasteiger partial charge in [0.1, 0.15) is 28.6 Å². The third-order valence-corrected chi connectivity index (χ3v) is 12.0. The second-order valence-electron chi connectivity index (χ2n) is 13.5. The van der Waals surface area contributed by atoms with Crippen molar-refractivity contribution in [3.05, 3.63) is 168 Å². The van der Waals surface area contributed by atoms with Crippen molar-refractivity contribution in [2.45, 2.75) is 0 Å². The summed E-state index contributed by atoms with van der Waals surface area (Å²) in [5.41, 5.74) is 33.7. The topological polar surface area (TPSA) is 325 Å². The van der Waals surface area contributed by atoms with E-state index in [1.165, 1.54) is 96.2 Å². The molecule has 0 aliphatic heterocycles. The molecule has 6 aromatic rings. The number of methoxy groups -OCH3 is 5. The maximum atomic E-state index is 13.3. The zero-order chi connectivity index (χ0) is 56.7. The minimum atomic E-state index is -1.04. The molecule has 0 saturated heterocycles. The van der Waals surface area contributed by atoms with Crippen LogP contribution in [0.2, 0.25) is 10.0 Å². The number of carbonyl (C=O) groups excluding carboxylic acids is 5. The predicted molar refractivity (Wildman–Crippen MR) is 297 cm³/mol. The van der Waals surface area contributed by atoms with Crippen LogP contribution in [-0.2, 0) is 23.7 Å². The van der Waals surface area contributed by atoms with E-state index in [1.54, 1.807) is 51.2 Å². The van der Waals surface area contributed by atoms with E-state index in [4.69, 9.17) is 62.7 Å². The zero-order valence-corrected chi connectivity index (χ0v) is 46.9. The van der Waals surface area contributed by atoms with Crippen LogP contribution in [0, 0.1) is 34.0 Å². The highest BCUT2D eigenvalue weighted by atomic mass is 127. The molecule has 0 heterocycles. The summed E-state index contributed by atoms with van der Waals surface area (Å²) in [5.74, 6) is -6.34. The first kappa shape index (κ1) is 65.4. The van der Waals surface area contributed by atoms with Crippen LogP contribution in [0.25, 0.3) is 0 Å². The lowest BCUT2D eigenvalue weighted by molar-refractivity contribution is 0.0587. The van der Waals surface area contributed by atoms with E-state index in [0.717, 1.165) is 24.3 Å². The van der Waals surface area contributed by atoms with E-state index in [-0.39, 0.29) is 56.3 Å². The summed E-state index contributed by atoms with van der Waals surface area (Å²) in [6.45, 7) is 0. The van der Waals surface area contributed by atoms with Crippen molar-refractivity contribution in [1.29, 1.82) is 0 Å². The molecule has 0 radical (unpaired) electrons. The van der Waals surface area contributed by atoms with Crippen LogP contribution in [0.1, 0.15) is 62.1 Å². The van der Waals surface area contributed by atoms with Gasteiger partial charge in [-0.2, -0.15) is 0 Å². The monoisotopic (exact) mass is 1410 g/mol. The molecular formula is C47H43Cl2F4I3N6O12. The molecule has 13 N–H and O–H groups in total. The zero-order valence-electron chi connectivity index (χ0n) is 39.0. The number of ether oxygens (including phenoxy) is 5. The summed E-state index contributed by atoms with van der Waals surface area (Å²) in [6, 6.07) is 20.5. The largest absolute Gasteiger partial charge is 0.478 e. The van der Waals surface area contributed by atoms with Gasteiger partial charge in [-0.05, 0) is 153 Å². The van der Waals surface area contributed by atoms with E-state index < -0.39 is 59.1 Å². The van der Waals surface area contributed by atoms with Crippen LogP contribution in [0.4, 0.5) is 51.7 Å². The summed E-state index contributed by atoms with van der Waals surface area (Å²) in [7, 11) is 6.15. The van der Waals surface area contributed by atoms with Gasteiger partial charge in [0, 0.05) is 49.9 Å². The average molecular weight is 1410 g/mol. The summed E-state index contributed by atoms with van der Waals surface area (Å²) >= 11 is 16.8. The van der Waals surface area contributed by atoms with E-state index >= 15 is 0 Å². The number of aromatic carboxylic acids is 1. The molecule has 6 aromatic carbocycles. The third-order valence-electron chi connectivity index (χ3n) is 8.61. The minimum absolute atomic E-state index is 0.0850. The quantitative estimate of drug-likeness (QED) is 0.0268. The first-order valence-electron chi connectivity index (χ1n) is 19.6. The Hall–Kier alpha value is -6.57. The fourth-order valence-electron chi connectivity index (χ4n) is 4.99. The Morgan fingerprint density at radius 1 is 0.446 bits per heavy atom. The van der Waals surface area contributed by atoms with Crippen molar-refractivity contribution in [2.24, 2.45) is 0 Å². The van der Waals surface area contributed by atoms with Crippen molar-refractivity contribution in [3.63, 3.8) is 0 Å². The fourth-order valence-corrected chi connectivity index (χ4v) is 6.72. The smallest absolute Gasteiger partial charge is 0.343 e. The Bertz CT molecular complexity index is 2940. The van der Waals surface area contributed by atoms with Crippen LogP contribution < -0.4 is 34.4 Å². The molecule has 27 heteroatoms. The molecule has 74 heavy (non-hydrogen) atoms. The standard InChI is InChI=1S/C8H8ClNO2.2C8H7FINO2.2C8H8FNO2.C7H5ClINO2/c1-12-8(11)6-3-2-5(9)4-7(6)10;1-13-8(12)4-2-6(10)5(9)3-7(4)11;1-13-8(12)6-5(11)3-2-4(10)7(6)9;1-12-8(11)6-3-2-5(9)4-7(6)10;1-12-8(11)7-5(9)3-2-4-6(7)10;8-4-2-6(10)3(7(11)12)1-5(4)9/h2-4H,10H2,1H3;2*2-3H,11H2,1H3;2*2-4H,10H2,1H3;1-2H,10H2,(H,11,12). The van der Waals surface area contributed by atoms with Gasteiger partial charge in [-0.1, -0.05) is 29.3 Å². The van der Waals surface area contributed by atoms with E-state index in [9.17, 15) is 46.3 Å². The van der Waals surface area contributed by atoms with Crippen molar-refractivity contribution in [3.8, 4) is 0 Å². The van der Waals surface area contributed by atoms with Crippen LogP contribution in [0.15, 0.2) is 91.0 Å². The van der Waals surface area contributed by atoms with Crippen LogP contribution in [0.3, 0.4) is 0 Å². The number of carbonyl (C=O) groups is 6. The molecule has 0 aliphatic rings. The molecule has 0 saturated carbocycles. The Morgan fingerprint density at radius 2 is 0.892 bits per heavy atom. The SMILES string of the molecule is COC(=O)c1c(N)ccc(I)c1F.COC(=O)c1c(N)cccc1F.COC(=O)c1cc(I)c(F)cc1N.COC(=O)c1ccc(Cl)cc1N.COC(=O)c1ccc(F)cc1N.Nc1cc(Cl)c(I)cc1C(=O)O. The highest BCUT2D eigenvalue weighted by molar-refractivity contribution is 14.1. The molecule has 0 fully saturated rings. The lowest BCUT2D eigenvalue weighted by Crippen LogP contribution is -2.09. The molecule has 0 aromatic heterocycles. The molecule has 0 aliphatic carbocycles. The molecule has 0 unspecified atom stereocenters. The van der Waals surface area contributed by atoms with Gasteiger partial charge in [-0.25, -0.2) is 46.3 Å². The second kappa shape index (κ2) is 31.9. The number of hydrogen-bond acceptors (Lipinski definition) is 17. The van der Waals surface area contributed by atoms with E-state index in [1.807, 2.05) is 22.6 Å². The lowest BCUT2D eigenvalue weighted by atomic mass is 10.2. The summed E-state index contributed by atoms with van der Waals surface area (Å²) in [6.07, 6.45) is 0. The van der Waals surface area contributed by atoms with Gasteiger partial charge in [0.15, 0.2) is 5.82 Å². The second-order valence-corrected chi connectivity index (χ2v) is 17.8. The van der Waals surface area contributed by atoms with Gasteiger partial charge in [-0.15, -0.1) is 0 Å². The number of nitrogen functional groups attached to an aromatic ring is 6. The van der Waals surface area contributed by atoms with Gasteiger partial charge in [0.2, 0.25) is 0 Å². The van der Waals surface area contributed by atoms with Crippen molar-refractivity contribution in [1.82, 2.24) is 0 Å². The average Bonchev–Trinajstić information content (AvgIpc) is 3.35. The predicted octanol–water partition coefficient (Wildman–Crippen LogP) is 9.92. The third kappa shape index (κ3) is 20.0. The number of rotatable bonds is 6. The van der Waals surface area contributed by atoms with Crippen molar-refractivity contribution < 1.29 is 75.1 Å². The van der Waals surface area contributed by atoms with Crippen LogP contribution >= 0.6 is 91.0 Å². The number of benzene rings is 6. The van der Waals surface area contributed by atoms with Gasteiger partial charge in [0.05, 0.1) is 62.8 Å². The number of anilines is 6. The minimum Gasteiger partial charge on any atom is -0.478 e. The van der Waals surface area contributed by atoms with Gasteiger partial charge < -0.3 is 63.2 Å². The molecule has 0 amide bonds. The Morgan fingerprint density at radius 3 is 1.38 bits per heavy atom. The molecule has 0 bridgehead atoms. The molecule has 0 spiro atoms. The molecule has 0 atom stereocenters. The number of hydrogen-bond donors (Lipinski definition) is 7. The highest BCUT2D eigenvalue weighted by Crippen LogP contribution is 2.26. The number of carboxylic acid groups (broad SMARTS) is 1. The van der Waals surface area contributed by atoms with Gasteiger partial charge in [0.25, 0.3) is 0 Å². The molecular weight excluding hydrogens is 1370 g/mol. The van der Waals surface area contributed by atoms with Crippen molar-refractivity contribution >= 4 is 161 Å².